The van der Waals surface area contributed by atoms with Crippen LogP contribution in [0.4, 0.5) is 0 Å². The molecular weight excluding hydrogens is 206 g/mol. The van der Waals surface area contributed by atoms with Gasteiger partial charge < -0.3 is 20.3 Å². The predicted molar refractivity (Wildman–Crippen MR) is 58.8 cm³/mol. The normalized spacial score (nSPS) is 34.1. The number of rotatable bonds is 2. The molecule has 1 aliphatic heterocycles. The van der Waals surface area contributed by atoms with Gasteiger partial charge in [-0.05, 0) is 31.6 Å². The van der Waals surface area contributed by atoms with Gasteiger partial charge in [-0.2, -0.15) is 0 Å². The van der Waals surface area contributed by atoms with Gasteiger partial charge in [0.1, 0.15) is 0 Å². The second-order valence-electron chi connectivity index (χ2n) is 5.57. The van der Waals surface area contributed by atoms with Gasteiger partial charge >= 0.3 is 0 Å². The molecule has 3 fully saturated rings. The molecule has 92 valence electrons. The predicted octanol–water partition coefficient (Wildman–Crippen LogP) is 0.772. The van der Waals surface area contributed by atoms with E-state index in [0.717, 1.165) is 12.8 Å². The van der Waals surface area contributed by atoms with Gasteiger partial charge in [-0.15, -0.1) is 0 Å². The van der Waals surface area contributed by atoms with E-state index in [1.165, 1.54) is 12.8 Å². The van der Waals surface area contributed by atoms with Crippen LogP contribution in [0, 0.1) is 5.92 Å². The summed E-state index contributed by atoms with van der Waals surface area (Å²) < 4.78 is 11.3. The largest absolute Gasteiger partial charge is 0.388 e. The molecule has 2 saturated carbocycles. The molecule has 0 radical (unpaired) electrons. The molecule has 0 bridgehead atoms. The standard InChI is InChI=1S/C12H21NO3/c13-10(9-1-2-9)11(14)3-5-12(6-4-11)15-7-8-16-12/h9-10,14H,1-8,13H2. The Balaban J connectivity index is 1.63. The van der Waals surface area contributed by atoms with Crippen LogP contribution in [-0.4, -0.2) is 35.8 Å². The molecule has 2 aliphatic carbocycles. The lowest BCUT2D eigenvalue weighted by molar-refractivity contribution is -0.206. The van der Waals surface area contributed by atoms with E-state index in [-0.39, 0.29) is 6.04 Å². The molecule has 1 unspecified atom stereocenters. The van der Waals surface area contributed by atoms with Crippen LogP contribution < -0.4 is 5.73 Å². The van der Waals surface area contributed by atoms with Crippen molar-refractivity contribution in [3.63, 3.8) is 0 Å². The summed E-state index contributed by atoms with van der Waals surface area (Å²) in [5, 5.41) is 10.6. The molecule has 3 rings (SSSR count). The quantitative estimate of drug-likeness (QED) is 0.731. The maximum atomic E-state index is 10.6. The van der Waals surface area contributed by atoms with Crippen LogP contribution in [0.2, 0.25) is 0 Å². The van der Waals surface area contributed by atoms with Crippen molar-refractivity contribution >= 4 is 0 Å². The average Bonchev–Trinajstić information content (AvgIpc) is 3.04. The Hall–Kier alpha value is -0.160. The van der Waals surface area contributed by atoms with Gasteiger partial charge in [0.15, 0.2) is 5.79 Å². The molecule has 4 heteroatoms. The van der Waals surface area contributed by atoms with Gasteiger partial charge in [-0.3, -0.25) is 0 Å². The first-order valence-electron chi connectivity index (χ1n) is 6.40. The highest BCUT2D eigenvalue weighted by molar-refractivity contribution is 5.02. The summed E-state index contributed by atoms with van der Waals surface area (Å²) in [7, 11) is 0. The van der Waals surface area contributed by atoms with E-state index < -0.39 is 11.4 Å². The number of ether oxygens (including phenoxy) is 2. The summed E-state index contributed by atoms with van der Waals surface area (Å²) in [5.41, 5.74) is 5.46. The van der Waals surface area contributed by atoms with E-state index in [0.29, 0.717) is 32.0 Å². The maximum absolute atomic E-state index is 10.6. The SMILES string of the molecule is NC(C1CC1)C1(O)CCC2(CC1)OCCO2. The van der Waals surface area contributed by atoms with E-state index in [9.17, 15) is 5.11 Å². The molecule has 0 aromatic carbocycles. The van der Waals surface area contributed by atoms with Gasteiger partial charge in [-0.1, -0.05) is 0 Å². The van der Waals surface area contributed by atoms with Gasteiger partial charge in [0, 0.05) is 18.9 Å². The Morgan fingerprint density at radius 1 is 1.06 bits per heavy atom. The van der Waals surface area contributed by atoms with Crippen molar-refractivity contribution in [3.05, 3.63) is 0 Å². The first-order chi connectivity index (χ1) is 7.64. The van der Waals surface area contributed by atoms with E-state index in [4.69, 9.17) is 15.2 Å². The summed E-state index contributed by atoms with van der Waals surface area (Å²) >= 11 is 0. The van der Waals surface area contributed by atoms with Crippen LogP contribution in [0.3, 0.4) is 0 Å². The summed E-state index contributed by atoms with van der Waals surface area (Å²) in [6.45, 7) is 1.38. The Morgan fingerprint density at radius 2 is 1.62 bits per heavy atom. The number of nitrogens with two attached hydrogens (primary N) is 1. The highest BCUT2D eigenvalue weighted by Crippen LogP contribution is 2.45. The number of hydrogen-bond donors (Lipinski definition) is 2. The van der Waals surface area contributed by atoms with E-state index in [1.54, 1.807) is 0 Å². The zero-order valence-electron chi connectivity index (χ0n) is 9.65. The third-order valence-corrected chi connectivity index (χ3v) is 4.44. The van der Waals surface area contributed by atoms with E-state index in [1.807, 2.05) is 0 Å². The van der Waals surface area contributed by atoms with Crippen molar-refractivity contribution in [2.75, 3.05) is 13.2 Å². The first kappa shape index (κ1) is 11.0. The summed E-state index contributed by atoms with van der Waals surface area (Å²) in [6.07, 6.45) is 5.35. The Morgan fingerprint density at radius 3 is 2.12 bits per heavy atom. The molecule has 0 aromatic heterocycles. The number of hydrogen-bond acceptors (Lipinski definition) is 4. The third kappa shape index (κ3) is 1.78. The summed E-state index contributed by atoms with van der Waals surface area (Å²) in [4.78, 5) is 0. The molecule has 1 saturated heterocycles. The lowest BCUT2D eigenvalue weighted by atomic mass is 9.75. The van der Waals surface area contributed by atoms with Crippen molar-refractivity contribution in [1.29, 1.82) is 0 Å². The van der Waals surface area contributed by atoms with Crippen LogP contribution in [0.5, 0.6) is 0 Å². The smallest absolute Gasteiger partial charge is 0.168 e. The molecule has 4 nitrogen and oxygen atoms in total. The minimum atomic E-state index is -0.679. The van der Waals surface area contributed by atoms with Crippen LogP contribution >= 0.6 is 0 Å². The lowest BCUT2D eigenvalue weighted by Crippen LogP contribution is -2.54. The molecule has 0 aromatic rings. The second-order valence-corrected chi connectivity index (χ2v) is 5.57. The van der Waals surface area contributed by atoms with E-state index in [2.05, 4.69) is 0 Å². The van der Waals surface area contributed by atoms with Crippen LogP contribution in [-0.2, 0) is 9.47 Å². The topological polar surface area (TPSA) is 64.7 Å². The minimum Gasteiger partial charge on any atom is -0.388 e. The molecule has 3 aliphatic rings. The van der Waals surface area contributed by atoms with Crippen LogP contribution in [0.25, 0.3) is 0 Å². The molecular formula is C12H21NO3. The molecule has 1 heterocycles. The van der Waals surface area contributed by atoms with Gasteiger partial charge in [0.05, 0.1) is 18.8 Å². The minimum absolute atomic E-state index is 0.0498. The zero-order valence-corrected chi connectivity index (χ0v) is 9.65. The summed E-state index contributed by atoms with van der Waals surface area (Å²) in [5.74, 6) is 0.152. The zero-order chi connectivity index (χ0) is 11.2. The molecule has 16 heavy (non-hydrogen) atoms. The fourth-order valence-corrected chi connectivity index (χ4v) is 3.08. The Bertz CT molecular complexity index is 261. The van der Waals surface area contributed by atoms with Crippen molar-refractivity contribution in [3.8, 4) is 0 Å². The van der Waals surface area contributed by atoms with Gasteiger partial charge in [-0.25, -0.2) is 0 Å². The fourth-order valence-electron chi connectivity index (χ4n) is 3.08. The highest BCUT2D eigenvalue weighted by atomic mass is 16.7. The lowest BCUT2D eigenvalue weighted by Gasteiger charge is -2.43. The summed E-state index contributed by atoms with van der Waals surface area (Å²) in [6, 6.07) is -0.0498. The maximum Gasteiger partial charge on any atom is 0.168 e. The van der Waals surface area contributed by atoms with Crippen molar-refractivity contribution in [1.82, 2.24) is 0 Å². The van der Waals surface area contributed by atoms with E-state index >= 15 is 0 Å². The van der Waals surface area contributed by atoms with Gasteiger partial charge in [0.2, 0.25) is 0 Å². The first-order valence-corrected chi connectivity index (χ1v) is 6.40. The fraction of sp³-hybridized carbons (Fsp3) is 1.00. The van der Waals surface area contributed by atoms with Crippen molar-refractivity contribution in [2.24, 2.45) is 11.7 Å². The average molecular weight is 227 g/mol. The highest BCUT2D eigenvalue weighted by Gasteiger charge is 2.50. The van der Waals surface area contributed by atoms with Crippen LogP contribution in [0.1, 0.15) is 38.5 Å². The Labute approximate surface area is 96.1 Å². The molecule has 1 atom stereocenters. The third-order valence-electron chi connectivity index (χ3n) is 4.44. The molecule has 1 spiro atoms. The van der Waals surface area contributed by atoms with Crippen molar-refractivity contribution < 1.29 is 14.6 Å². The molecule has 0 amide bonds. The Kier molecular flexibility index (Phi) is 2.51. The van der Waals surface area contributed by atoms with Gasteiger partial charge in [0.25, 0.3) is 0 Å². The monoisotopic (exact) mass is 227 g/mol. The van der Waals surface area contributed by atoms with Crippen molar-refractivity contribution in [2.45, 2.75) is 56.0 Å². The second kappa shape index (κ2) is 3.67. The van der Waals surface area contributed by atoms with Crippen LogP contribution in [0.15, 0.2) is 0 Å². The molecule has 3 N–H and O–H groups in total. The number of aliphatic hydroxyl groups is 1.